The molecule has 2 aromatic carbocycles. The third kappa shape index (κ3) is 6.46. The molecule has 8 nitrogen and oxygen atoms in total. The van der Waals surface area contributed by atoms with Gasteiger partial charge in [0.15, 0.2) is 5.78 Å². The topological polar surface area (TPSA) is 113 Å². The summed E-state index contributed by atoms with van der Waals surface area (Å²) in [7, 11) is -4.08. The Kier molecular flexibility index (Phi) is 8.59. The molecule has 1 fully saturated rings. The zero-order valence-corrected chi connectivity index (χ0v) is 22.8. The van der Waals surface area contributed by atoms with Crippen molar-refractivity contribution in [2.75, 3.05) is 13.1 Å². The first kappa shape index (κ1) is 27.9. The van der Waals surface area contributed by atoms with Crippen molar-refractivity contribution in [1.82, 2.24) is 14.9 Å². The summed E-state index contributed by atoms with van der Waals surface area (Å²) < 4.78 is 41.6. The first-order chi connectivity index (χ1) is 18.0. The van der Waals surface area contributed by atoms with Crippen molar-refractivity contribution < 1.29 is 27.2 Å². The molecule has 0 spiro atoms. The fraction of sp³-hybridized carbons (Fsp3) is 0.370. The first-order valence-corrected chi connectivity index (χ1v) is 14.7. The Balaban J connectivity index is 1.44. The molecule has 2 N–H and O–H groups in total. The van der Waals surface area contributed by atoms with E-state index in [2.05, 4.69) is 10.6 Å². The van der Waals surface area contributed by atoms with E-state index in [1.54, 1.807) is 6.07 Å². The predicted octanol–water partition coefficient (Wildman–Crippen LogP) is 3.72. The van der Waals surface area contributed by atoms with Crippen LogP contribution in [0.3, 0.4) is 0 Å². The zero-order valence-electron chi connectivity index (χ0n) is 21.1. The van der Waals surface area contributed by atoms with E-state index in [1.165, 1.54) is 23.5 Å². The van der Waals surface area contributed by atoms with Crippen LogP contribution in [0, 0.1) is 11.7 Å². The van der Waals surface area contributed by atoms with E-state index < -0.39 is 46.2 Å². The van der Waals surface area contributed by atoms with Crippen LogP contribution in [0.4, 0.5) is 4.39 Å². The lowest BCUT2D eigenvalue weighted by Crippen LogP contribution is -2.52. The second-order valence-electron chi connectivity index (χ2n) is 9.77. The highest BCUT2D eigenvalue weighted by Gasteiger charge is 2.34. The third-order valence-corrected chi connectivity index (χ3v) is 9.31. The van der Waals surface area contributed by atoms with Crippen LogP contribution in [-0.2, 0) is 19.6 Å². The molecule has 0 saturated carbocycles. The van der Waals surface area contributed by atoms with Crippen molar-refractivity contribution in [3.05, 3.63) is 65.3 Å². The van der Waals surface area contributed by atoms with Gasteiger partial charge in [-0.25, -0.2) is 12.8 Å². The van der Waals surface area contributed by atoms with Gasteiger partial charge in [0.25, 0.3) is 5.91 Å². The number of hydrogen-bond donors (Lipinski definition) is 2. The Hall–Kier alpha value is -3.15. The second kappa shape index (κ2) is 11.7. The van der Waals surface area contributed by atoms with Gasteiger partial charge in [0.1, 0.15) is 11.9 Å². The molecule has 2 heterocycles. The number of nitrogens with zero attached hydrogens (tertiary/aromatic N) is 1. The van der Waals surface area contributed by atoms with Gasteiger partial charge < -0.3 is 10.6 Å². The molecule has 11 heteroatoms. The monoisotopic (exact) mass is 559 g/mol. The van der Waals surface area contributed by atoms with Crippen molar-refractivity contribution in [2.45, 2.75) is 50.1 Å². The van der Waals surface area contributed by atoms with Crippen LogP contribution in [-0.4, -0.2) is 55.5 Å². The van der Waals surface area contributed by atoms with Gasteiger partial charge in [-0.05, 0) is 60.9 Å². The highest BCUT2D eigenvalue weighted by molar-refractivity contribution is 7.89. The molecule has 38 heavy (non-hydrogen) atoms. The standard InChI is InChI=1S/C27H30FN3O5S2/c1-17(2)13-22(30-27(34)25-14-18-7-3-4-11-24(18)37-25)26(33)29-21-10-6-12-31(16-23(21)32)38(35,36)20-9-5-8-19(28)15-20/h3-5,7-9,11,14-15,17,21-22H,6,10,12-13,16H2,1-2H3,(H,29,33)(H,30,34)/t21-,22?/m0/s1. The number of ketones is 1. The van der Waals surface area contributed by atoms with Gasteiger partial charge in [0, 0.05) is 11.2 Å². The number of carbonyl (C=O) groups is 3. The van der Waals surface area contributed by atoms with Crippen LogP contribution >= 0.6 is 11.3 Å². The van der Waals surface area contributed by atoms with Crippen molar-refractivity contribution in [3.8, 4) is 0 Å². The number of sulfonamides is 1. The van der Waals surface area contributed by atoms with Crippen molar-refractivity contribution in [1.29, 1.82) is 0 Å². The number of thiophene rings is 1. The maximum absolute atomic E-state index is 13.6. The molecule has 0 radical (unpaired) electrons. The van der Waals surface area contributed by atoms with Crippen LogP contribution in [0.1, 0.15) is 42.8 Å². The highest BCUT2D eigenvalue weighted by Crippen LogP contribution is 2.25. The number of nitrogens with one attached hydrogen (secondary N) is 2. The minimum atomic E-state index is -4.08. The summed E-state index contributed by atoms with van der Waals surface area (Å²) in [6, 6.07) is 12.3. The molecular formula is C27H30FN3O5S2. The smallest absolute Gasteiger partial charge is 0.262 e. The Morgan fingerprint density at radius 1 is 1.13 bits per heavy atom. The van der Waals surface area contributed by atoms with Crippen LogP contribution in [0.2, 0.25) is 0 Å². The summed E-state index contributed by atoms with van der Waals surface area (Å²) >= 11 is 1.33. The molecule has 0 bridgehead atoms. The van der Waals surface area contributed by atoms with E-state index in [0.29, 0.717) is 17.7 Å². The summed E-state index contributed by atoms with van der Waals surface area (Å²) in [5, 5.41) is 6.49. The number of Topliss-reactive ketones (excluding diaryl/α,β-unsaturated/α-hetero) is 1. The van der Waals surface area contributed by atoms with Crippen LogP contribution in [0.15, 0.2) is 59.5 Å². The Morgan fingerprint density at radius 3 is 2.61 bits per heavy atom. The van der Waals surface area contributed by atoms with Gasteiger partial charge >= 0.3 is 0 Å². The fourth-order valence-electron chi connectivity index (χ4n) is 4.43. The summed E-state index contributed by atoms with van der Waals surface area (Å²) in [6.07, 6.45) is 0.941. The second-order valence-corrected chi connectivity index (χ2v) is 12.8. The van der Waals surface area contributed by atoms with Crippen LogP contribution < -0.4 is 10.6 Å². The molecule has 1 aliphatic rings. The largest absolute Gasteiger partial charge is 0.344 e. The predicted molar refractivity (Wildman–Crippen MR) is 144 cm³/mol. The van der Waals surface area contributed by atoms with E-state index in [4.69, 9.17) is 0 Å². The highest BCUT2D eigenvalue weighted by atomic mass is 32.2. The van der Waals surface area contributed by atoms with Gasteiger partial charge in [-0.3, -0.25) is 14.4 Å². The van der Waals surface area contributed by atoms with Gasteiger partial charge in [0.05, 0.1) is 22.4 Å². The summed E-state index contributed by atoms with van der Waals surface area (Å²) in [5.41, 5.74) is 0. The van der Waals surface area contributed by atoms with Crippen LogP contribution in [0.5, 0.6) is 0 Å². The SMILES string of the molecule is CC(C)CC(NC(=O)c1cc2ccccc2s1)C(=O)N[C@H]1CCCN(S(=O)(=O)c2cccc(F)c2)CC1=O. The minimum Gasteiger partial charge on any atom is -0.344 e. The lowest BCUT2D eigenvalue weighted by atomic mass is 10.0. The summed E-state index contributed by atoms with van der Waals surface area (Å²) in [4.78, 5) is 39.5. The average molecular weight is 560 g/mol. The molecule has 202 valence electrons. The molecule has 1 aliphatic heterocycles. The molecule has 2 atom stereocenters. The molecule has 1 aromatic heterocycles. The Morgan fingerprint density at radius 2 is 1.89 bits per heavy atom. The first-order valence-electron chi connectivity index (χ1n) is 12.4. The van der Waals surface area contributed by atoms with E-state index in [-0.39, 0.29) is 29.7 Å². The number of carbonyl (C=O) groups excluding carboxylic acids is 3. The van der Waals surface area contributed by atoms with E-state index in [9.17, 15) is 27.2 Å². The molecular weight excluding hydrogens is 529 g/mol. The molecule has 1 unspecified atom stereocenters. The number of amides is 2. The summed E-state index contributed by atoms with van der Waals surface area (Å²) in [5.74, 6) is -1.93. The quantitative estimate of drug-likeness (QED) is 0.437. The lowest BCUT2D eigenvalue weighted by molar-refractivity contribution is -0.129. The molecule has 2 amide bonds. The summed E-state index contributed by atoms with van der Waals surface area (Å²) in [6.45, 7) is 3.48. The number of hydrogen-bond acceptors (Lipinski definition) is 6. The normalized spacial score (nSPS) is 17.8. The maximum Gasteiger partial charge on any atom is 0.262 e. The number of halogens is 1. The van der Waals surface area contributed by atoms with E-state index in [1.807, 2.05) is 38.1 Å². The molecule has 4 rings (SSSR count). The number of rotatable bonds is 8. The Labute approximate surface area is 225 Å². The third-order valence-electron chi connectivity index (χ3n) is 6.35. The fourth-order valence-corrected chi connectivity index (χ4v) is 6.87. The van der Waals surface area contributed by atoms with Crippen LogP contribution in [0.25, 0.3) is 10.1 Å². The van der Waals surface area contributed by atoms with E-state index >= 15 is 0 Å². The maximum atomic E-state index is 13.6. The molecule has 0 aliphatic carbocycles. The van der Waals surface area contributed by atoms with Gasteiger partial charge in [-0.15, -0.1) is 11.3 Å². The number of fused-ring (bicyclic) bond motifs is 1. The average Bonchev–Trinajstić information content (AvgIpc) is 3.22. The van der Waals surface area contributed by atoms with E-state index in [0.717, 1.165) is 26.5 Å². The van der Waals surface area contributed by atoms with Gasteiger partial charge in [-0.2, -0.15) is 4.31 Å². The molecule has 1 saturated heterocycles. The van der Waals surface area contributed by atoms with Gasteiger partial charge in [-0.1, -0.05) is 38.1 Å². The minimum absolute atomic E-state index is 0.0645. The van der Waals surface area contributed by atoms with Crippen molar-refractivity contribution in [3.63, 3.8) is 0 Å². The van der Waals surface area contributed by atoms with Crippen molar-refractivity contribution >= 4 is 49.0 Å². The lowest BCUT2D eigenvalue weighted by Gasteiger charge is -2.23. The Bertz CT molecular complexity index is 1420. The van der Waals surface area contributed by atoms with Crippen molar-refractivity contribution in [2.24, 2.45) is 5.92 Å². The molecule has 3 aromatic rings. The number of benzene rings is 2. The van der Waals surface area contributed by atoms with Gasteiger partial charge in [0.2, 0.25) is 15.9 Å². The zero-order chi connectivity index (χ0) is 27.4.